The number of hydrogen-bond donors (Lipinski definition) is 1. The van der Waals surface area contributed by atoms with E-state index in [1.54, 1.807) is 30.3 Å². The summed E-state index contributed by atoms with van der Waals surface area (Å²) in [6, 6.07) is 12.1. The molecular formula is C20H20FN3O. The number of aryl methyl sites for hydroxylation is 1. The van der Waals surface area contributed by atoms with E-state index < -0.39 is 0 Å². The Labute approximate surface area is 146 Å². The van der Waals surface area contributed by atoms with Crippen LogP contribution in [0.4, 0.5) is 15.8 Å². The van der Waals surface area contributed by atoms with Crippen molar-refractivity contribution in [3.05, 3.63) is 58.9 Å². The van der Waals surface area contributed by atoms with Gasteiger partial charge in [0.15, 0.2) is 0 Å². The molecule has 0 fully saturated rings. The molecule has 3 rings (SSSR count). The molecule has 0 aromatic heterocycles. The molecule has 25 heavy (non-hydrogen) atoms. The Hall–Kier alpha value is -2.87. The van der Waals surface area contributed by atoms with Crippen molar-refractivity contribution >= 4 is 17.3 Å². The predicted octanol–water partition coefficient (Wildman–Crippen LogP) is 3.79. The molecule has 128 valence electrons. The lowest BCUT2D eigenvalue weighted by Crippen LogP contribution is -2.33. The minimum absolute atomic E-state index is 0.0918. The summed E-state index contributed by atoms with van der Waals surface area (Å²) >= 11 is 0. The molecule has 2 aromatic rings. The van der Waals surface area contributed by atoms with Crippen LogP contribution in [0.3, 0.4) is 0 Å². The quantitative estimate of drug-likeness (QED) is 0.923. The number of hydrogen-bond acceptors (Lipinski definition) is 3. The van der Waals surface area contributed by atoms with Crippen molar-refractivity contribution in [2.75, 3.05) is 23.3 Å². The number of halogens is 1. The molecule has 0 atom stereocenters. The molecule has 0 bridgehead atoms. The van der Waals surface area contributed by atoms with Gasteiger partial charge in [0.05, 0.1) is 11.6 Å². The highest BCUT2D eigenvalue weighted by Gasteiger charge is 2.22. The number of amides is 1. The van der Waals surface area contributed by atoms with E-state index in [1.807, 2.05) is 13.0 Å². The Morgan fingerprint density at radius 3 is 2.76 bits per heavy atom. The van der Waals surface area contributed by atoms with Gasteiger partial charge in [0.1, 0.15) is 5.82 Å². The van der Waals surface area contributed by atoms with Gasteiger partial charge in [0, 0.05) is 36.4 Å². The first-order valence-electron chi connectivity index (χ1n) is 8.41. The zero-order valence-electron chi connectivity index (χ0n) is 14.2. The summed E-state index contributed by atoms with van der Waals surface area (Å²) in [4.78, 5) is 14.3. The van der Waals surface area contributed by atoms with Crippen LogP contribution >= 0.6 is 0 Å². The van der Waals surface area contributed by atoms with Gasteiger partial charge in [0.2, 0.25) is 5.91 Å². The van der Waals surface area contributed by atoms with E-state index in [1.165, 1.54) is 6.07 Å². The molecule has 2 aromatic carbocycles. The lowest BCUT2D eigenvalue weighted by atomic mass is 9.97. The summed E-state index contributed by atoms with van der Waals surface area (Å²) in [5.41, 5.74) is 3.98. The SMILES string of the molecule is Cc1ccc(F)c2c1N(CCC(=O)Nc1ccc(C#N)cc1)CCC2. The lowest BCUT2D eigenvalue weighted by molar-refractivity contribution is -0.116. The van der Waals surface area contributed by atoms with Gasteiger partial charge in [-0.3, -0.25) is 4.79 Å². The Morgan fingerprint density at radius 1 is 1.28 bits per heavy atom. The summed E-state index contributed by atoms with van der Waals surface area (Å²) < 4.78 is 14.0. The van der Waals surface area contributed by atoms with Crippen molar-refractivity contribution in [3.8, 4) is 6.07 Å². The minimum Gasteiger partial charge on any atom is -0.370 e. The van der Waals surface area contributed by atoms with E-state index in [4.69, 9.17) is 5.26 Å². The Morgan fingerprint density at radius 2 is 2.04 bits per heavy atom. The smallest absolute Gasteiger partial charge is 0.226 e. The highest BCUT2D eigenvalue weighted by Crippen LogP contribution is 2.32. The van der Waals surface area contributed by atoms with Crippen molar-refractivity contribution in [2.24, 2.45) is 0 Å². The fourth-order valence-corrected chi connectivity index (χ4v) is 3.28. The van der Waals surface area contributed by atoms with Gasteiger partial charge in [-0.2, -0.15) is 5.26 Å². The number of nitrogens with zero attached hydrogens (tertiary/aromatic N) is 2. The zero-order chi connectivity index (χ0) is 17.8. The summed E-state index contributed by atoms with van der Waals surface area (Å²) in [7, 11) is 0. The fraction of sp³-hybridized carbons (Fsp3) is 0.300. The average Bonchev–Trinajstić information content (AvgIpc) is 2.63. The molecule has 1 aliphatic rings. The van der Waals surface area contributed by atoms with Crippen LogP contribution in [0.15, 0.2) is 36.4 Å². The molecule has 0 saturated carbocycles. The van der Waals surface area contributed by atoms with Crippen LogP contribution < -0.4 is 10.2 Å². The van der Waals surface area contributed by atoms with Crippen LogP contribution in [-0.4, -0.2) is 19.0 Å². The third-order valence-corrected chi connectivity index (χ3v) is 4.50. The van der Waals surface area contributed by atoms with Crippen LogP contribution in [0.5, 0.6) is 0 Å². The van der Waals surface area contributed by atoms with E-state index in [9.17, 15) is 9.18 Å². The molecule has 1 heterocycles. The predicted molar refractivity (Wildman–Crippen MR) is 96.1 cm³/mol. The van der Waals surface area contributed by atoms with Crippen LogP contribution in [-0.2, 0) is 11.2 Å². The normalized spacial score (nSPS) is 13.1. The molecule has 0 aliphatic carbocycles. The van der Waals surface area contributed by atoms with Crippen molar-refractivity contribution in [2.45, 2.75) is 26.2 Å². The molecule has 5 heteroatoms. The van der Waals surface area contributed by atoms with E-state index >= 15 is 0 Å². The van der Waals surface area contributed by atoms with Gasteiger partial charge in [-0.25, -0.2) is 4.39 Å². The maximum Gasteiger partial charge on any atom is 0.226 e. The van der Waals surface area contributed by atoms with E-state index in [0.717, 1.165) is 36.2 Å². The lowest BCUT2D eigenvalue weighted by Gasteiger charge is -2.33. The van der Waals surface area contributed by atoms with Crippen LogP contribution in [0, 0.1) is 24.1 Å². The van der Waals surface area contributed by atoms with Crippen molar-refractivity contribution in [1.82, 2.24) is 0 Å². The highest BCUT2D eigenvalue weighted by atomic mass is 19.1. The van der Waals surface area contributed by atoms with Gasteiger partial charge >= 0.3 is 0 Å². The highest BCUT2D eigenvalue weighted by molar-refractivity contribution is 5.91. The average molecular weight is 337 g/mol. The Kier molecular flexibility index (Phi) is 4.99. The Bertz CT molecular complexity index is 824. The third-order valence-electron chi connectivity index (χ3n) is 4.50. The minimum atomic E-state index is -0.160. The van der Waals surface area contributed by atoms with Gasteiger partial charge in [-0.05, 0) is 55.7 Å². The van der Waals surface area contributed by atoms with Gasteiger partial charge in [-0.1, -0.05) is 6.07 Å². The first-order chi connectivity index (χ1) is 12.1. The monoisotopic (exact) mass is 337 g/mol. The standard InChI is InChI=1S/C20H20FN3O/c1-14-4-9-18(21)17-3-2-11-24(20(14)17)12-10-19(25)23-16-7-5-15(13-22)6-8-16/h4-9H,2-3,10-12H2,1H3,(H,23,25). The number of carbonyl (C=O) groups excluding carboxylic acids is 1. The molecule has 1 amide bonds. The van der Waals surface area contributed by atoms with Crippen molar-refractivity contribution in [1.29, 1.82) is 5.26 Å². The first-order valence-corrected chi connectivity index (χ1v) is 8.41. The molecular weight excluding hydrogens is 317 g/mol. The first kappa shape index (κ1) is 17.0. The molecule has 1 aliphatic heterocycles. The molecule has 1 N–H and O–H groups in total. The zero-order valence-corrected chi connectivity index (χ0v) is 14.2. The topological polar surface area (TPSA) is 56.1 Å². The van der Waals surface area contributed by atoms with Gasteiger partial charge < -0.3 is 10.2 Å². The number of nitrogens with one attached hydrogen (secondary N) is 1. The molecule has 0 spiro atoms. The number of fused-ring (bicyclic) bond motifs is 1. The summed E-state index contributed by atoms with van der Waals surface area (Å²) in [6.07, 6.45) is 1.97. The van der Waals surface area contributed by atoms with Crippen LogP contribution in [0.2, 0.25) is 0 Å². The van der Waals surface area contributed by atoms with Gasteiger partial charge in [-0.15, -0.1) is 0 Å². The van der Waals surface area contributed by atoms with Crippen LogP contribution in [0.1, 0.15) is 29.5 Å². The molecule has 4 nitrogen and oxygen atoms in total. The third kappa shape index (κ3) is 3.80. The second-order valence-electron chi connectivity index (χ2n) is 6.27. The van der Waals surface area contributed by atoms with Crippen LogP contribution in [0.25, 0.3) is 0 Å². The largest absolute Gasteiger partial charge is 0.370 e. The van der Waals surface area contributed by atoms with E-state index in [0.29, 0.717) is 24.2 Å². The maximum atomic E-state index is 14.0. The summed E-state index contributed by atoms with van der Waals surface area (Å²) in [5.74, 6) is -0.252. The second-order valence-corrected chi connectivity index (χ2v) is 6.27. The maximum absolute atomic E-state index is 14.0. The number of carbonyl (C=O) groups is 1. The summed E-state index contributed by atoms with van der Waals surface area (Å²) in [6.45, 7) is 3.37. The molecule has 0 saturated heterocycles. The molecule has 0 unspecified atom stereocenters. The number of rotatable bonds is 4. The fourth-order valence-electron chi connectivity index (χ4n) is 3.28. The molecule has 0 radical (unpaired) electrons. The number of anilines is 2. The second kappa shape index (κ2) is 7.35. The Balaban J connectivity index is 1.64. The van der Waals surface area contributed by atoms with E-state index in [2.05, 4.69) is 10.2 Å². The van der Waals surface area contributed by atoms with Crippen molar-refractivity contribution < 1.29 is 9.18 Å². The number of nitriles is 1. The number of benzene rings is 2. The summed E-state index contributed by atoms with van der Waals surface area (Å²) in [5, 5.41) is 11.6. The van der Waals surface area contributed by atoms with Gasteiger partial charge in [0.25, 0.3) is 0 Å². The van der Waals surface area contributed by atoms with Crippen molar-refractivity contribution in [3.63, 3.8) is 0 Å². The van der Waals surface area contributed by atoms with E-state index in [-0.39, 0.29) is 11.7 Å².